The highest BCUT2D eigenvalue weighted by atomic mass is 16.3. The minimum atomic E-state index is 0.146. The summed E-state index contributed by atoms with van der Waals surface area (Å²) in [4.78, 5) is 0. The molecule has 0 spiro atoms. The van der Waals surface area contributed by atoms with E-state index in [-0.39, 0.29) is 6.04 Å². The molecule has 2 N–H and O–H groups in total. The predicted molar refractivity (Wildman–Crippen MR) is 50.0 cm³/mol. The van der Waals surface area contributed by atoms with Gasteiger partial charge in [0, 0.05) is 11.6 Å². The first-order valence-corrected chi connectivity index (χ1v) is 4.47. The van der Waals surface area contributed by atoms with Gasteiger partial charge in [0.05, 0.1) is 0 Å². The van der Waals surface area contributed by atoms with Crippen molar-refractivity contribution >= 4 is 0 Å². The third-order valence-electron chi connectivity index (χ3n) is 2.08. The molecule has 0 unspecified atom stereocenters. The van der Waals surface area contributed by atoms with E-state index in [1.807, 2.05) is 19.9 Å². The van der Waals surface area contributed by atoms with Crippen LogP contribution in [0, 0.1) is 13.8 Å². The fraction of sp³-hybridized carbons (Fsp3) is 0.600. The van der Waals surface area contributed by atoms with Crippen LogP contribution < -0.4 is 5.73 Å². The summed E-state index contributed by atoms with van der Waals surface area (Å²) in [5.41, 5.74) is 7.12. The minimum Gasteiger partial charge on any atom is -0.466 e. The highest BCUT2D eigenvalue weighted by Crippen LogP contribution is 2.22. The molecule has 1 atom stereocenters. The lowest BCUT2D eigenvalue weighted by atomic mass is 10.0. The van der Waals surface area contributed by atoms with Crippen molar-refractivity contribution in [2.24, 2.45) is 5.73 Å². The van der Waals surface area contributed by atoms with Crippen molar-refractivity contribution in [2.75, 3.05) is 0 Å². The second-order valence-corrected chi connectivity index (χ2v) is 3.26. The van der Waals surface area contributed by atoms with Crippen LogP contribution in [0.3, 0.4) is 0 Å². The fourth-order valence-corrected chi connectivity index (χ4v) is 1.49. The van der Waals surface area contributed by atoms with Crippen LogP contribution in [-0.4, -0.2) is 0 Å². The number of nitrogens with two attached hydrogens (primary N) is 1. The lowest BCUT2D eigenvalue weighted by molar-refractivity contribution is 0.495. The topological polar surface area (TPSA) is 39.2 Å². The molecule has 0 fully saturated rings. The van der Waals surface area contributed by atoms with Crippen molar-refractivity contribution in [3.8, 4) is 0 Å². The molecule has 0 aliphatic carbocycles. The third kappa shape index (κ3) is 1.89. The quantitative estimate of drug-likeness (QED) is 0.751. The molecule has 0 saturated carbocycles. The van der Waals surface area contributed by atoms with Crippen LogP contribution in [0.1, 0.15) is 42.9 Å². The van der Waals surface area contributed by atoms with Gasteiger partial charge in [0.1, 0.15) is 11.5 Å². The van der Waals surface area contributed by atoms with Gasteiger partial charge in [0.15, 0.2) is 0 Å². The van der Waals surface area contributed by atoms with E-state index in [1.54, 1.807) is 0 Å². The summed E-state index contributed by atoms with van der Waals surface area (Å²) in [6.45, 7) is 6.06. The van der Waals surface area contributed by atoms with E-state index in [4.69, 9.17) is 10.2 Å². The zero-order chi connectivity index (χ0) is 9.14. The SMILES string of the molecule is CCC[C@@H](N)c1cc(C)oc1C. The molecule has 0 aliphatic rings. The molecule has 1 aromatic heterocycles. The lowest BCUT2D eigenvalue weighted by Gasteiger charge is -2.07. The number of rotatable bonds is 3. The van der Waals surface area contributed by atoms with E-state index in [9.17, 15) is 0 Å². The highest BCUT2D eigenvalue weighted by Gasteiger charge is 2.11. The van der Waals surface area contributed by atoms with Crippen molar-refractivity contribution in [2.45, 2.75) is 39.7 Å². The van der Waals surface area contributed by atoms with E-state index in [0.717, 1.165) is 29.9 Å². The molecule has 68 valence electrons. The van der Waals surface area contributed by atoms with Gasteiger partial charge < -0.3 is 10.2 Å². The average Bonchev–Trinajstić information content (AvgIpc) is 2.30. The molecule has 0 amide bonds. The van der Waals surface area contributed by atoms with Gasteiger partial charge in [0.25, 0.3) is 0 Å². The Hall–Kier alpha value is -0.760. The monoisotopic (exact) mass is 167 g/mol. The summed E-state index contributed by atoms with van der Waals surface area (Å²) < 4.78 is 5.40. The van der Waals surface area contributed by atoms with Gasteiger partial charge in [-0.05, 0) is 26.3 Å². The van der Waals surface area contributed by atoms with Gasteiger partial charge in [-0.3, -0.25) is 0 Å². The molecular weight excluding hydrogens is 150 g/mol. The van der Waals surface area contributed by atoms with Crippen molar-refractivity contribution in [3.63, 3.8) is 0 Å². The maximum Gasteiger partial charge on any atom is 0.105 e. The van der Waals surface area contributed by atoms with Crippen LogP contribution in [0.4, 0.5) is 0 Å². The van der Waals surface area contributed by atoms with E-state index >= 15 is 0 Å². The number of furan rings is 1. The molecule has 0 radical (unpaired) electrons. The molecule has 2 heteroatoms. The van der Waals surface area contributed by atoms with Gasteiger partial charge in [0.2, 0.25) is 0 Å². The zero-order valence-corrected chi connectivity index (χ0v) is 8.05. The molecule has 0 bridgehead atoms. The van der Waals surface area contributed by atoms with Crippen LogP contribution in [-0.2, 0) is 0 Å². The Kier molecular flexibility index (Phi) is 2.93. The second-order valence-electron chi connectivity index (χ2n) is 3.26. The van der Waals surface area contributed by atoms with Crippen molar-refractivity contribution in [1.29, 1.82) is 0 Å². The maximum atomic E-state index is 5.96. The molecule has 2 nitrogen and oxygen atoms in total. The molecular formula is C10H17NO. The largest absolute Gasteiger partial charge is 0.466 e. The van der Waals surface area contributed by atoms with Gasteiger partial charge in [-0.2, -0.15) is 0 Å². The van der Waals surface area contributed by atoms with Gasteiger partial charge in [-0.15, -0.1) is 0 Å². The molecule has 0 aromatic carbocycles. The Morgan fingerprint density at radius 2 is 2.17 bits per heavy atom. The first-order chi connectivity index (χ1) is 5.65. The summed E-state index contributed by atoms with van der Waals surface area (Å²) in [7, 11) is 0. The Labute approximate surface area is 73.8 Å². The summed E-state index contributed by atoms with van der Waals surface area (Å²) in [6, 6.07) is 2.18. The van der Waals surface area contributed by atoms with Crippen molar-refractivity contribution in [1.82, 2.24) is 0 Å². The molecule has 0 aliphatic heterocycles. The first-order valence-electron chi connectivity index (χ1n) is 4.47. The van der Waals surface area contributed by atoms with Crippen LogP contribution >= 0.6 is 0 Å². The molecule has 1 rings (SSSR count). The van der Waals surface area contributed by atoms with Crippen molar-refractivity contribution < 1.29 is 4.42 Å². The number of hydrogen-bond donors (Lipinski definition) is 1. The summed E-state index contributed by atoms with van der Waals surface area (Å²) in [5, 5.41) is 0. The van der Waals surface area contributed by atoms with E-state index < -0.39 is 0 Å². The maximum absolute atomic E-state index is 5.96. The lowest BCUT2D eigenvalue weighted by Crippen LogP contribution is -2.09. The standard InChI is InChI=1S/C10H17NO/c1-4-5-10(11)9-6-7(2)12-8(9)3/h6,10H,4-5,11H2,1-3H3/t10-/m1/s1. The summed E-state index contributed by atoms with van der Waals surface area (Å²) in [6.07, 6.45) is 2.14. The fourth-order valence-electron chi connectivity index (χ4n) is 1.49. The Morgan fingerprint density at radius 3 is 2.58 bits per heavy atom. The normalized spacial score (nSPS) is 13.3. The van der Waals surface area contributed by atoms with Crippen LogP contribution in [0.15, 0.2) is 10.5 Å². The van der Waals surface area contributed by atoms with E-state index in [1.165, 1.54) is 0 Å². The third-order valence-corrected chi connectivity index (χ3v) is 2.08. The first kappa shape index (κ1) is 9.33. The molecule has 1 heterocycles. The smallest absolute Gasteiger partial charge is 0.105 e. The Balaban J connectivity index is 2.79. The second kappa shape index (κ2) is 3.76. The summed E-state index contributed by atoms with van der Waals surface area (Å²) in [5.74, 6) is 1.92. The van der Waals surface area contributed by atoms with Gasteiger partial charge >= 0.3 is 0 Å². The van der Waals surface area contributed by atoms with E-state index in [2.05, 4.69) is 6.92 Å². The minimum absolute atomic E-state index is 0.146. The van der Waals surface area contributed by atoms with Gasteiger partial charge in [-0.1, -0.05) is 13.3 Å². The van der Waals surface area contributed by atoms with Crippen molar-refractivity contribution in [3.05, 3.63) is 23.2 Å². The molecule has 0 saturated heterocycles. The van der Waals surface area contributed by atoms with E-state index in [0.29, 0.717) is 0 Å². The van der Waals surface area contributed by atoms with Gasteiger partial charge in [-0.25, -0.2) is 0 Å². The average molecular weight is 167 g/mol. The molecule has 1 aromatic rings. The Bertz CT molecular complexity index is 252. The number of hydrogen-bond acceptors (Lipinski definition) is 2. The van der Waals surface area contributed by atoms with Crippen LogP contribution in [0.2, 0.25) is 0 Å². The summed E-state index contributed by atoms with van der Waals surface area (Å²) >= 11 is 0. The molecule has 12 heavy (non-hydrogen) atoms. The zero-order valence-electron chi connectivity index (χ0n) is 8.05. The highest BCUT2D eigenvalue weighted by molar-refractivity contribution is 5.23. The predicted octanol–water partition coefficient (Wildman–Crippen LogP) is 2.70. The van der Waals surface area contributed by atoms with Crippen LogP contribution in [0.5, 0.6) is 0 Å². The number of aryl methyl sites for hydroxylation is 2. The Morgan fingerprint density at radius 1 is 1.50 bits per heavy atom. The van der Waals surface area contributed by atoms with Crippen LogP contribution in [0.25, 0.3) is 0 Å².